The Bertz CT molecular complexity index is 1630. The maximum atomic E-state index is 11.1. The SMILES string of the molecule is Nc1ncnc2c1ncn2C1OC(COP(=S)([S-])OC2C(CO)OC(n3cnc4c(N)ncnc43)C2O)C(O)C1O. The van der Waals surface area contributed by atoms with Crippen LogP contribution >= 0.6 is 5.69 Å². The molecule has 4 aromatic heterocycles. The van der Waals surface area contributed by atoms with Crippen molar-refractivity contribution in [1.82, 2.24) is 39.0 Å². The van der Waals surface area contributed by atoms with E-state index in [0.717, 1.165) is 0 Å². The van der Waals surface area contributed by atoms with Crippen LogP contribution in [0.3, 0.4) is 0 Å². The summed E-state index contributed by atoms with van der Waals surface area (Å²) in [6.07, 6.45) is -4.34. The molecular formula is C20H24N10O8PS2-. The molecule has 2 saturated heterocycles. The zero-order valence-corrected chi connectivity index (χ0v) is 23.3. The second-order valence-corrected chi connectivity index (χ2v) is 14.2. The smallest absolute Gasteiger partial charge is 0.167 e. The number of ether oxygens (including phenoxy) is 2. The van der Waals surface area contributed by atoms with E-state index in [1.165, 1.54) is 34.4 Å². The predicted octanol–water partition coefficient (Wildman–Crippen LogP) is -2.13. The second kappa shape index (κ2) is 10.9. The molecule has 0 saturated carbocycles. The van der Waals surface area contributed by atoms with Gasteiger partial charge in [0.15, 0.2) is 35.4 Å². The van der Waals surface area contributed by atoms with E-state index in [2.05, 4.69) is 29.9 Å². The van der Waals surface area contributed by atoms with E-state index in [1.807, 2.05) is 0 Å². The van der Waals surface area contributed by atoms with Gasteiger partial charge in [-0.15, -0.1) is 0 Å². The van der Waals surface area contributed by atoms with Crippen molar-refractivity contribution in [3.63, 3.8) is 0 Å². The van der Waals surface area contributed by atoms with Crippen molar-refractivity contribution < 1.29 is 38.9 Å². The first-order valence-electron chi connectivity index (χ1n) is 12.1. The highest BCUT2D eigenvalue weighted by Crippen LogP contribution is 2.51. The molecule has 4 aromatic rings. The normalized spacial score (nSPS) is 31.7. The lowest BCUT2D eigenvalue weighted by atomic mass is 10.1. The van der Waals surface area contributed by atoms with Gasteiger partial charge in [-0.05, 0) is 0 Å². The van der Waals surface area contributed by atoms with Gasteiger partial charge in [0.05, 0.1) is 31.6 Å². The van der Waals surface area contributed by atoms with Crippen molar-refractivity contribution in [3.8, 4) is 0 Å². The third kappa shape index (κ3) is 5.04. The summed E-state index contributed by atoms with van der Waals surface area (Å²) in [5.74, 6) is 0.287. The maximum absolute atomic E-state index is 11.1. The molecule has 2 aliphatic heterocycles. The van der Waals surface area contributed by atoms with E-state index < -0.39 is 61.4 Å². The van der Waals surface area contributed by atoms with Crippen LogP contribution in [-0.4, -0.2) is 109 Å². The zero-order valence-electron chi connectivity index (χ0n) is 20.8. The average Bonchev–Trinajstić information content (AvgIpc) is 3.70. The number of fused-ring (bicyclic) bond motifs is 2. The molecule has 0 aromatic carbocycles. The molecule has 0 bridgehead atoms. The number of nitrogens with two attached hydrogens (primary N) is 2. The summed E-state index contributed by atoms with van der Waals surface area (Å²) in [4.78, 5) is 24.3. The summed E-state index contributed by atoms with van der Waals surface area (Å²) >= 11 is 10.8. The number of imidazole rings is 2. The van der Waals surface area contributed by atoms with Crippen molar-refractivity contribution >= 4 is 63.7 Å². The minimum Gasteiger partial charge on any atom is -0.691 e. The van der Waals surface area contributed by atoms with Gasteiger partial charge in [0.25, 0.3) is 0 Å². The summed E-state index contributed by atoms with van der Waals surface area (Å²) in [5.41, 5.74) is 9.33. The molecule has 0 amide bonds. The van der Waals surface area contributed by atoms with Gasteiger partial charge in [0, 0.05) is 0 Å². The van der Waals surface area contributed by atoms with E-state index >= 15 is 0 Å². The molecule has 6 rings (SSSR count). The second-order valence-electron chi connectivity index (χ2n) is 9.26. The molecule has 0 radical (unpaired) electrons. The number of rotatable bonds is 8. The topological polar surface area (TPSA) is 257 Å². The highest BCUT2D eigenvalue weighted by molar-refractivity contribution is 8.51. The molecule has 2 fully saturated rings. The number of hydrogen-bond donors (Lipinski definition) is 6. The lowest BCUT2D eigenvalue weighted by Crippen LogP contribution is -2.36. The van der Waals surface area contributed by atoms with E-state index in [9.17, 15) is 20.4 Å². The number of aliphatic hydroxyl groups excluding tert-OH is 4. The summed E-state index contributed by atoms with van der Waals surface area (Å²) in [6, 6.07) is 0. The maximum Gasteiger partial charge on any atom is 0.167 e. The fraction of sp³-hybridized carbons (Fsp3) is 0.500. The molecule has 0 spiro atoms. The average molecular weight is 628 g/mol. The first-order chi connectivity index (χ1) is 19.6. The van der Waals surface area contributed by atoms with E-state index in [0.29, 0.717) is 22.3 Å². The van der Waals surface area contributed by atoms with Crippen LogP contribution in [0.25, 0.3) is 22.3 Å². The van der Waals surface area contributed by atoms with Gasteiger partial charge in [0.2, 0.25) is 0 Å². The highest BCUT2D eigenvalue weighted by Gasteiger charge is 2.48. The Morgan fingerprint density at radius 2 is 1.39 bits per heavy atom. The summed E-state index contributed by atoms with van der Waals surface area (Å²) in [6.45, 7) is -0.879. The van der Waals surface area contributed by atoms with Crippen molar-refractivity contribution in [1.29, 1.82) is 0 Å². The van der Waals surface area contributed by atoms with Gasteiger partial charge >= 0.3 is 0 Å². The van der Waals surface area contributed by atoms with Crippen molar-refractivity contribution in [2.45, 2.75) is 49.1 Å². The van der Waals surface area contributed by atoms with Crippen LogP contribution < -0.4 is 11.5 Å². The van der Waals surface area contributed by atoms with Gasteiger partial charge in [-0.2, -0.15) is 0 Å². The molecule has 8 N–H and O–H groups in total. The molecule has 220 valence electrons. The Morgan fingerprint density at radius 1 is 0.854 bits per heavy atom. The van der Waals surface area contributed by atoms with E-state index in [4.69, 9.17) is 54.0 Å². The first-order valence-corrected chi connectivity index (χ1v) is 15.7. The molecule has 6 heterocycles. The number of anilines is 2. The van der Waals surface area contributed by atoms with Crippen molar-refractivity contribution in [2.24, 2.45) is 0 Å². The number of aliphatic hydroxyl groups is 4. The van der Waals surface area contributed by atoms with Crippen molar-refractivity contribution in [3.05, 3.63) is 25.3 Å². The Morgan fingerprint density at radius 3 is 1.95 bits per heavy atom. The van der Waals surface area contributed by atoms with Gasteiger partial charge in [-0.3, -0.25) is 9.13 Å². The molecule has 9 atom stereocenters. The van der Waals surface area contributed by atoms with Gasteiger partial charge in [0.1, 0.15) is 60.3 Å². The Kier molecular flexibility index (Phi) is 7.57. The third-order valence-electron chi connectivity index (χ3n) is 6.80. The lowest BCUT2D eigenvalue weighted by Gasteiger charge is -2.34. The molecule has 18 nitrogen and oxygen atoms in total. The minimum atomic E-state index is -3.55. The lowest BCUT2D eigenvalue weighted by molar-refractivity contribution is -0.0521. The van der Waals surface area contributed by atoms with Crippen LogP contribution in [0.2, 0.25) is 0 Å². The van der Waals surface area contributed by atoms with Crippen LogP contribution in [0.4, 0.5) is 11.6 Å². The molecule has 21 heteroatoms. The van der Waals surface area contributed by atoms with Crippen LogP contribution in [0, 0.1) is 0 Å². The first kappa shape index (κ1) is 28.5. The number of hydrogen-bond acceptors (Lipinski definition) is 18. The van der Waals surface area contributed by atoms with E-state index in [-0.39, 0.29) is 18.2 Å². The molecule has 2 aliphatic rings. The number of nitrogens with zero attached hydrogens (tertiary/aromatic N) is 8. The minimum absolute atomic E-state index is 0.143. The third-order valence-corrected chi connectivity index (χ3v) is 8.91. The molecule has 0 aliphatic carbocycles. The fourth-order valence-corrected chi connectivity index (χ4v) is 6.69. The monoisotopic (exact) mass is 627 g/mol. The van der Waals surface area contributed by atoms with Crippen molar-refractivity contribution in [2.75, 3.05) is 24.7 Å². The zero-order chi connectivity index (χ0) is 29.1. The molecule has 9 unspecified atom stereocenters. The summed E-state index contributed by atoms with van der Waals surface area (Å²) < 4.78 is 26.0. The Hall–Kier alpha value is -2.62. The fourth-order valence-electron chi connectivity index (χ4n) is 4.78. The Labute approximate surface area is 240 Å². The summed E-state index contributed by atoms with van der Waals surface area (Å²) in [5, 5.41) is 42.3. The largest absolute Gasteiger partial charge is 0.691 e. The molecule has 41 heavy (non-hydrogen) atoms. The quantitative estimate of drug-likeness (QED) is 0.0900. The van der Waals surface area contributed by atoms with Gasteiger partial charge in [-0.25, -0.2) is 29.9 Å². The summed E-state index contributed by atoms with van der Waals surface area (Å²) in [7, 11) is 0. The predicted molar refractivity (Wildman–Crippen MR) is 145 cm³/mol. The molecular weight excluding hydrogens is 603 g/mol. The van der Waals surface area contributed by atoms with Crippen LogP contribution in [-0.2, 0) is 42.6 Å². The van der Waals surface area contributed by atoms with Crippen LogP contribution in [0.15, 0.2) is 25.3 Å². The van der Waals surface area contributed by atoms with Crippen LogP contribution in [0.1, 0.15) is 12.5 Å². The van der Waals surface area contributed by atoms with Gasteiger partial charge in [-0.1, -0.05) is 11.8 Å². The Balaban J connectivity index is 1.14. The number of aromatic nitrogens is 8. The van der Waals surface area contributed by atoms with Gasteiger partial charge < -0.3 is 62.7 Å². The van der Waals surface area contributed by atoms with E-state index in [1.54, 1.807) is 0 Å². The number of nitrogen functional groups attached to an aromatic ring is 2. The highest BCUT2D eigenvalue weighted by atomic mass is 32.9. The standard InChI is InChI=1S/C20H25N10O8PS2/c21-15-9-17(25-3-23-15)29(5-27-9)19-12(33)11(32)8(37-19)2-35-39(40,41)38-14-7(1-31)36-20(13(14)34)30-6-28-10-16(22)24-4-26-18(10)30/h3-8,11-14,19-20,31-34H,1-2H2,(H,40,41)(H2,21,23,25)(H2,22,24,26)/p-1. The van der Waals surface area contributed by atoms with Crippen LogP contribution in [0.5, 0.6) is 0 Å².